The molecule has 0 unspecified atom stereocenters. The van der Waals surface area contributed by atoms with Crippen molar-refractivity contribution < 1.29 is 14.4 Å². The van der Waals surface area contributed by atoms with Crippen molar-refractivity contribution in [3.63, 3.8) is 0 Å². The first-order valence-corrected chi connectivity index (χ1v) is 4.17. The summed E-state index contributed by atoms with van der Waals surface area (Å²) < 4.78 is 4.94. The fourth-order valence-electron chi connectivity index (χ4n) is 1.01. The van der Waals surface area contributed by atoms with Crippen LogP contribution in [0.5, 0.6) is 0 Å². The van der Waals surface area contributed by atoms with Gasteiger partial charge in [0.1, 0.15) is 12.3 Å². The summed E-state index contributed by atoms with van der Waals surface area (Å²) in [6, 6.07) is 0. The third-order valence-electron chi connectivity index (χ3n) is 1.48. The molecule has 1 aliphatic heterocycles. The van der Waals surface area contributed by atoms with Crippen LogP contribution in [-0.4, -0.2) is 30.2 Å². The average molecular weight is 185 g/mol. The van der Waals surface area contributed by atoms with E-state index in [9.17, 15) is 4.79 Å². The first kappa shape index (κ1) is 10.1. The highest BCUT2D eigenvalue weighted by molar-refractivity contribution is 5.89. The van der Waals surface area contributed by atoms with E-state index in [-0.39, 0.29) is 11.5 Å². The normalized spacial score (nSPS) is 17.7. The maximum Gasteiger partial charge on any atom is 0.274 e. The number of hydrogen-bond acceptors (Lipinski definition) is 3. The van der Waals surface area contributed by atoms with Gasteiger partial charge < -0.3 is 4.74 Å². The topological polar surface area (TPSA) is 38.8 Å². The second-order valence-electron chi connectivity index (χ2n) is 3.89. The van der Waals surface area contributed by atoms with Crippen LogP contribution < -0.4 is 0 Å². The average Bonchev–Trinajstić information content (AvgIpc) is 2.29. The molecule has 1 heterocycles. The van der Waals surface area contributed by atoms with E-state index in [1.807, 2.05) is 20.8 Å². The number of hydroxylamine groups is 2. The molecule has 0 atom stereocenters. The van der Waals surface area contributed by atoms with Gasteiger partial charge in [-0.2, -0.15) is 0 Å². The van der Waals surface area contributed by atoms with Crippen LogP contribution >= 0.6 is 0 Å². The summed E-state index contributed by atoms with van der Waals surface area (Å²) >= 11 is 0. The lowest BCUT2D eigenvalue weighted by Crippen LogP contribution is -2.35. The summed E-state index contributed by atoms with van der Waals surface area (Å²) in [6.45, 7) is 6.08. The van der Waals surface area contributed by atoms with Gasteiger partial charge in [-0.15, -0.1) is 0 Å². The van der Waals surface area contributed by atoms with Crippen molar-refractivity contribution in [3.8, 4) is 0 Å². The smallest absolute Gasteiger partial charge is 0.274 e. The Balaban J connectivity index is 2.54. The molecular formula is C9H15NO3. The lowest BCUT2D eigenvalue weighted by molar-refractivity contribution is -0.217. The van der Waals surface area contributed by atoms with Crippen LogP contribution in [0.1, 0.15) is 20.8 Å². The van der Waals surface area contributed by atoms with Crippen LogP contribution in [0.2, 0.25) is 0 Å². The van der Waals surface area contributed by atoms with E-state index in [0.29, 0.717) is 12.3 Å². The fourth-order valence-corrected chi connectivity index (χ4v) is 1.01. The number of carbonyl (C=O) groups excluding carboxylic acids is 1. The van der Waals surface area contributed by atoms with E-state index >= 15 is 0 Å². The van der Waals surface area contributed by atoms with Crippen molar-refractivity contribution in [2.75, 3.05) is 13.7 Å². The third kappa shape index (κ3) is 2.73. The fraction of sp³-hybridized carbons (Fsp3) is 0.667. The van der Waals surface area contributed by atoms with Crippen LogP contribution in [0.3, 0.4) is 0 Å². The van der Waals surface area contributed by atoms with Gasteiger partial charge in [-0.05, 0) is 20.8 Å². The van der Waals surface area contributed by atoms with Crippen molar-refractivity contribution in [3.05, 3.63) is 11.8 Å². The minimum absolute atomic E-state index is 0.160. The molecule has 13 heavy (non-hydrogen) atoms. The van der Waals surface area contributed by atoms with Crippen LogP contribution in [0.25, 0.3) is 0 Å². The molecule has 0 aromatic rings. The number of hydrogen-bond donors (Lipinski definition) is 0. The summed E-state index contributed by atoms with van der Waals surface area (Å²) in [5.74, 6) is 0.473. The Morgan fingerprint density at radius 3 is 2.46 bits per heavy atom. The summed E-state index contributed by atoms with van der Waals surface area (Å²) in [7, 11) is 1.54. The maximum atomic E-state index is 11.3. The highest BCUT2D eigenvalue weighted by Crippen LogP contribution is 2.17. The Kier molecular flexibility index (Phi) is 2.61. The Bertz CT molecular complexity index is 240. The lowest BCUT2D eigenvalue weighted by Gasteiger charge is -2.26. The van der Waals surface area contributed by atoms with E-state index in [4.69, 9.17) is 9.57 Å². The molecule has 74 valence electrons. The maximum absolute atomic E-state index is 11.3. The number of rotatable bonds is 2. The molecule has 0 aliphatic carbocycles. The second-order valence-corrected chi connectivity index (χ2v) is 3.89. The molecule has 0 aromatic heterocycles. The predicted molar refractivity (Wildman–Crippen MR) is 47.6 cm³/mol. The molecule has 4 heteroatoms. The highest BCUT2D eigenvalue weighted by atomic mass is 16.7. The predicted octanol–water partition coefficient (Wildman–Crippen LogP) is 1.09. The van der Waals surface area contributed by atoms with Gasteiger partial charge in [-0.25, -0.2) is 5.06 Å². The Morgan fingerprint density at radius 1 is 1.46 bits per heavy atom. The monoisotopic (exact) mass is 185 g/mol. The van der Waals surface area contributed by atoms with Crippen LogP contribution in [0.4, 0.5) is 0 Å². The van der Waals surface area contributed by atoms with Crippen LogP contribution in [-0.2, 0) is 14.4 Å². The van der Waals surface area contributed by atoms with Gasteiger partial charge in [0, 0.05) is 6.08 Å². The van der Waals surface area contributed by atoms with Gasteiger partial charge in [0.25, 0.3) is 5.91 Å². The zero-order valence-electron chi connectivity index (χ0n) is 8.46. The standard InChI is InChI=1S/C9H15NO3/c1-9(2,3)13-10-6-7(12-4)5-8(10)11/h5H,6H2,1-4H3. The summed E-state index contributed by atoms with van der Waals surface area (Å²) in [5, 5.41) is 1.30. The molecule has 0 saturated heterocycles. The first-order chi connectivity index (χ1) is 5.92. The van der Waals surface area contributed by atoms with E-state index in [1.54, 1.807) is 7.11 Å². The molecule has 0 fully saturated rings. The molecule has 1 aliphatic rings. The number of amides is 1. The van der Waals surface area contributed by atoms with Gasteiger partial charge >= 0.3 is 0 Å². The first-order valence-electron chi connectivity index (χ1n) is 4.17. The largest absolute Gasteiger partial charge is 0.499 e. The molecule has 0 N–H and O–H groups in total. The van der Waals surface area contributed by atoms with E-state index in [2.05, 4.69) is 0 Å². The molecule has 0 radical (unpaired) electrons. The number of carbonyl (C=O) groups is 1. The van der Waals surface area contributed by atoms with Gasteiger partial charge in [0.05, 0.1) is 12.7 Å². The quantitative estimate of drug-likeness (QED) is 0.646. The van der Waals surface area contributed by atoms with Crippen molar-refractivity contribution in [2.24, 2.45) is 0 Å². The van der Waals surface area contributed by atoms with Crippen molar-refractivity contribution in [1.82, 2.24) is 5.06 Å². The number of methoxy groups -OCH3 is 1. The van der Waals surface area contributed by atoms with E-state index in [0.717, 1.165) is 0 Å². The van der Waals surface area contributed by atoms with Crippen molar-refractivity contribution >= 4 is 5.91 Å². The lowest BCUT2D eigenvalue weighted by atomic mass is 10.2. The number of ether oxygens (including phenoxy) is 1. The summed E-state index contributed by atoms with van der Waals surface area (Å²) in [6.07, 6.45) is 1.44. The molecule has 1 amide bonds. The minimum atomic E-state index is -0.354. The van der Waals surface area contributed by atoms with E-state index in [1.165, 1.54) is 11.1 Å². The second kappa shape index (κ2) is 3.38. The molecular weight excluding hydrogens is 170 g/mol. The number of nitrogens with zero attached hydrogens (tertiary/aromatic N) is 1. The zero-order chi connectivity index (χ0) is 10.1. The van der Waals surface area contributed by atoms with Gasteiger partial charge in [-0.3, -0.25) is 9.63 Å². The molecule has 0 bridgehead atoms. The van der Waals surface area contributed by atoms with Gasteiger partial charge in [0.2, 0.25) is 0 Å². The Hall–Kier alpha value is -1.03. The summed E-state index contributed by atoms with van der Waals surface area (Å²) in [4.78, 5) is 16.7. The third-order valence-corrected chi connectivity index (χ3v) is 1.48. The van der Waals surface area contributed by atoms with Crippen molar-refractivity contribution in [2.45, 2.75) is 26.4 Å². The molecule has 4 nitrogen and oxygen atoms in total. The molecule has 0 saturated carbocycles. The zero-order valence-corrected chi connectivity index (χ0v) is 8.46. The SMILES string of the molecule is COC1=CC(=O)N(OC(C)(C)C)C1. The molecule has 0 aromatic carbocycles. The summed E-state index contributed by atoms with van der Waals surface area (Å²) in [5.41, 5.74) is -0.354. The van der Waals surface area contributed by atoms with E-state index < -0.39 is 0 Å². The Labute approximate surface area is 78.1 Å². The van der Waals surface area contributed by atoms with Gasteiger partial charge in [0.15, 0.2) is 0 Å². The van der Waals surface area contributed by atoms with Crippen LogP contribution in [0.15, 0.2) is 11.8 Å². The molecule has 1 rings (SSSR count). The van der Waals surface area contributed by atoms with Crippen molar-refractivity contribution in [1.29, 1.82) is 0 Å². The van der Waals surface area contributed by atoms with Crippen LogP contribution in [0, 0.1) is 0 Å². The van der Waals surface area contributed by atoms with Gasteiger partial charge in [-0.1, -0.05) is 0 Å². The molecule has 0 spiro atoms. The minimum Gasteiger partial charge on any atom is -0.499 e. The Morgan fingerprint density at radius 2 is 2.08 bits per heavy atom. The highest BCUT2D eigenvalue weighted by Gasteiger charge is 2.27.